The van der Waals surface area contributed by atoms with Crippen LogP contribution in [0.2, 0.25) is 5.02 Å². The first kappa shape index (κ1) is 18.7. The molecule has 136 valence electrons. The number of phenols is 1. The first-order valence-electron chi connectivity index (χ1n) is 7.53. The van der Waals surface area contributed by atoms with E-state index in [1.807, 2.05) is 17.0 Å². The van der Waals surface area contributed by atoms with E-state index in [0.29, 0.717) is 11.3 Å². The van der Waals surface area contributed by atoms with Crippen molar-refractivity contribution in [2.24, 2.45) is 12.0 Å². The van der Waals surface area contributed by atoms with Crippen LogP contribution in [0.4, 0.5) is 5.69 Å². The van der Waals surface area contributed by atoms with Crippen molar-refractivity contribution < 1.29 is 13.5 Å². The molecule has 0 spiro atoms. The predicted molar refractivity (Wildman–Crippen MR) is 103 cm³/mol. The zero-order valence-corrected chi connectivity index (χ0v) is 16.4. The quantitative estimate of drug-likeness (QED) is 0.693. The summed E-state index contributed by atoms with van der Waals surface area (Å²) in [7, 11) is -0.455. The molecule has 0 amide bonds. The van der Waals surface area contributed by atoms with Gasteiger partial charge in [-0.2, -0.15) is 0 Å². The van der Waals surface area contributed by atoms with E-state index in [0.717, 1.165) is 10.5 Å². The Morgan fingerprint density at radius 3 is 2.54 bits per heavy atom. The third-order valence-electron chi connectivity index (χ3n) is 3.78. The van der Waals surface area contributed by atoms with Crippen molar-refractivity contribution in [1.29, 1.82) is 0 Å². The van der Waals surface area contributed by atoms with Crippen LogP contribution in [0.15, 0.2) is 57.7 Å². The van der Waals surface area contributed by atoms with Crippen LogP contribution in [0.1, 0.15) is 0 Å². The van der Waals surface area contributed by atoms with Gasteiger partial charge in [0.25, 0.3) is 0 Å². The van der Waals surface area contributed by atoms with Crippen molar-refractivity contribution in [3.63, 3.8) is 0 Å². The van der Waals surface area contributed by atoms with Crippen LogP contribution in [0.25, 0.3) is 11.3 Å². The third kappa shape index (κ3) is 3.68. The number of hydrogen-bond acceptors (Lipinski definition) is 5. The molecule has 9 heteroatoms. The first-order valence-corrected chi connectivity index (χ1v) is 10.3. The average Bonchev–Trinajstić information content (AvgIpc) is 2.98. The molecule has 0 unspecified atom stereocenters. The van der Waals surface area contributed by atoms with Crippen LogP contribution in [0.3, 0.4) is 0 Å². The van der Waals surface area contributed by atoms with Crippen molar-refractivity contribution in [2.75, 3.05) is 7.05 Å². The van der Waals surface area contributed by atoms with Crippen LogP contribution >= 0.6 is 22.9 Å². The minimum atomic E-state index is -3.65. The zero-order valence-electron chi connectivity index (χ0n) is 14.0. The Kier molecular flexibility index (Phi) is 5.19. The van der Waals surface area contributed by atoms with E-state index in [4.69, 9.17) is 11.6 Å². The Hall–Kier alpha value is -2.13. The van der Waals surface area contributed by atoms with Gasteiger partial charge in [0.1, 0.15) is 10.6 Å². The lowest BCUT2D eigenvalue weighted by Crippen LogP contribution is -2.19. The van der Waals surface area contributed by atoms with E-state index < -0.39 is 10.0 Å². The number of phenolic OH excluding ortho intramolecular Hbond substituents is 1. The summed E-state index contributed by atoms with van der Waals surface area (Å²) in [5.41, 5.74) is 2.24. The van der Waals surface area contributed by atoms with E-state index in [9.17, 15) is 13.5 Å². The van der Waals surface area contributed by atoms with Crippen molar-refractivity contribution >= 4 is 38.6 Å². The van der Waals surface area contributed by atoms with Gasteiger partial charge in [-0.05, 0) is 43.4 Å². The molecule has 0 atom stereocenters. The molecule has 0 aliphatic rings. The Labute approximate surface area is 160 Å². The molecule has 0 radical (unpaired) electrons. The molecule has 26 heavy (non-hydrogen) atoms. The molecule has 3 aromatic rings. The number of nitrogens with one attached hydrogen (secondary N) is 1. The van der Waals surface area contributed by atoms with Crippen LogP contribution < -0.4 is 9.52 Å². The van der Waals surface area contributed by atoms with Gasteiger partial charge in [0.2, 0.25) is 10.0 Å². The number of aromatic hydroxyl groups is 1. The van der Waals surface area contributed by atoms with E-state index in [1.165, 1.54) is 18.4 Å². The van der Waals surface area contributed by atoms with Crippen LogP contribution in [-0.4, -0.2) is 25.1 Å². The van der Waals surface area contributed by atoms with Crippen LogP contribution in [0.5, 0.6) is 5.75 Å². The molecule has 2 N–H and O–H groups in total. The SMILES string of the molecule is CNS(=O)(=O)c1cc(-c2csc(=Nc3ccc(O)cc3)n2C)ccc1Cl. The maximum atomic E-state index is 12.1. The Bertz CT molecular complexity index is 1120. The number of aromatic nitrogens is 1. The Morgan fingerprint density at radius 1 is 1.19 bits per heavy atom. The number of benzene rings is 2. The van der Waals surface area contributed by atoms with Crippen LogP contribution in [0, 0.1) is 0 Å². The minimum absolute atomic E-state index is 0.0300. The van der Waals surface area contributed by atoms with Gasteiger partial charge in [-0.1, -0.05) is 17.7 Å². The van der Waals surface area contributed by atoms with Gasteiger partial charge in [0.05, 0.1) is 16.4 Å². The van der Waals surface area contributed by atoms with Crippen molar-refractivity contribution in [3.05, 3.63) is 57.7 Å². The molecule has 6 nitrogen and oxygen atoms in total. The number of hydrogen-bond donors (Lipinski definition) is 2. The summed E-state index contributed by atoms with van der Waals surface area (Å²) in [5.74, 6) is 0.180. The molecule has 1 aromatic heterocycles. The molecule has 0 saturated heterocycles. The van der Waals surface area contributed by atoms with Gasteiger partial charge >= 0.3 is 0 Å². The number of sulfonamides is 1. The standard InChI is InChI=1S/C17H16ClN3O3S2/c1-19-26(23,24)16-9-11(3-8-14(16)18)15-10-25-17(21(15)2)20-12-4-6-13(22)7-5-12/h3-10,19,22H,1-2H3. The summed E-state index contributed by atoms with van der Waals surface area (Å²) in [5, 5.41) is 11.4. The fourth-order valence-corrected chi connectivity index (χ4v) is 4.52. The van der Waals surface area contributed by atoms with Gasteiger partial charge in [0, 0.05) is 18.0 Å². The molecular formula is C17H16ClN3O3S2. The lowest BCUT2D eigenvalue weighted by molar-refractivity contribution is 0.475. The molecule has 0 aliphatic heterocycles. The Balaban J connectivity index is 2.08. The van der Waals surface area contributed by atoms with E-state index >= 15 is 0 Å². The highest BCUT2D eigenvalue weighted by Gasteiger charge is 2.17. The van der Waals surface area contributed by atoms with Gasteiger partial charge in [-0.25, -0.2) is 18.1 Å². The molecule has 3 rings (SSSR count). The molecule has 0 bridgehead atoms. The first-order chi connectivity index (χ1) is 12.3. The zero-order chi connectivity index (χ0) is 18.9. The van der Waals surface area contributed by atoms with Gasteiger partial charge in [-0.15, -0.1) is 11.3 Å². The smallest absolute Gasteiger partial charge is 0.241 e. The topological polar surface area (TPSA) is 83.7 Å². The number of thiazole rings is 1. The molecule has 2 aromatic carbocycles. The summed E-state index contributed by atoms with van der Waals surface area (Å²) >= 11 is 7.48. The maximum absolute atomic E-state index is 12.1. The fraction of sp³-hybridized carbons (Fsp3) is 0.118. The maximum Gasteiger partial charge on any atom is 0.241 e. The monoisotopic (exact) mass is 409 g/mol. The van der Waals surface area contributed by atoms with E-state index in [-0.39, 0.29) is 15.7 Å². The average molecular weight is 410 g/mol. The van der Waals surface area contributed by atoms with Gasteiger partial charge in [-0.3, -0.25) is 0 Å². The highest BCUT2D eigenvalue weighted by atomic mass is 35.5. The lowest BCUT2D eigenvalue weighted by atomic mass is 10.2. The van der Waals surface area contributed by atoms with Crippen molar-refractivity contribution in [3.8, 4) is 17.0 Å². The summed E-state index contributed by atoms with van der Waals surface area (Å²) in [6.07, 6.45) is 0. The summed E-state index contributed by atoms with van der Waals surface area (Å²) in [6.45, 7) is 0. The third-order valence-corrected chi connectivity index (χ3v) is 6.60. The predicted octanol–water partition coefficient (Wildman–Crippen LogP) is 3.25. The van der Waals surface area contributed by atoms with E-state index in [1.54, 1.807) is 42.5 Å². The number of nitrogens with zero attached hydrogens (tertiary/aromatic N) is 2. The second-order valence-corrected chi connectivity index (χ2v) is 8.54. The lowest BCUT2D eigenvalue weighted by Gasteiger charge is -2.08. The normalized spacial score (nSPS) is 12.5. The summed E-state index contributed by atoms with van der Waals surface area (Å²) in [4.78, 5) is 5.31. The minimum Gasteiger partial charge on any atom is -0.508 e. The molecule has 1 heterocycles. The largest absolute Gasteiger partial charge is 0.508 e. The van der Waals surface area contributed by atoms with Gasteiger partial charge < -0.3 is 9.67 Å². The second-order valence-electron chi connectivity index (χ2n) is 5.44. The number of rotatable bonds is 4. The summed E-state index contributed by atoms with van der Waals surface area (Å²) < 4.78 is 28.4. The van der Waals surface area contributed by atoms with Crippen molar-refractivity contribution in [2.45, 2.75) is 4.90 Å². The second kappa shape index (κ2) is 7.24. The molecule has 0 saturated carbocycles. The highest BCUT2D eigenvalue weighted by Crippen LogP contribution is 2.28. The fourth-order valence-electron chi connectivity index (χ4n) is 2.35. The summed E-state index contributed by atoms with van der Waals surface area (Å²) in [6, 6.07) is 11.5. The molecule has 0 fully saturated rings. The molecule has 0 aliphatic carbocycles. The van der Waals surface area contributed by atoms with Crippen molar-refractivity contribution in [1.82, 2.24) is 9.29 Å². The Morgan fingerprint density at radius 2 is 1.88 bits per heavy atom. The molecular weight excluding hydrogens is 394 g/mol. The van der Waals surface area contributed by atoms with Gasteiger partial charge in [0.15, 0.2) is 4.80 Å². The van der Waals surface area contributed by atoms with Crippen LogP contribution in [-0.2, 0) is 17.1 Å². The highest BCUT2D eigenvalue weighted by molar-refractivity contribution is 7.89. The van der Waals surface area contributed by atoms with E-state index in [2.05, 4.69) is 9.71 Å². The number of halogens is 1.